The topological polar surface area (TPSA) is 61.4 Å². The van der Waals surface area contributed by atoms with Crippen LogP contribution in [-0.2, 0) is 4.79 Å². The van der Waals surface area contributed by atoms with Gasteiger partial charge in [0.1, 0.15) is 5.82 Å². The minimum absolute atomic E-state index is 0.0132. The molecule has 1 fully saturated rings. The summed E-state index contributed by atoms with van der Waals surface area (Å²) in [5.74, 6) is -0.264. The van der Waals surface area contributed by atoms with Crippen LogP contribution in [0.15, 0.2) is 48.5 Å². The predicted octanol–water partition coefficient (Wildman–Crippen LogP) is 4.04. The van der Waals surface area contributed by atoms with Crippen molar-refractivity contribution in [3.63, 3.8) is 0 Å². The molecule has 1 saturated carbocycles. The molecule has 2 aromatic carbocycles. The predicted molar refractivity (Wildman–Crippen MR) is 100.0 cm³/mol. The molecule has 0 bridgehead atoms. The highest BCUT2D eigenvalue weighted by Crippen LogP contribution is 2.28. The van der Waals surface area contributed by atoms with E-state index in [1.807, 2.05) is 0 Å². The maximum atomic E-state index is 13.2. The summed E-state index contributed by atoms with van der Waals surface area (Å²) in [4.78, 5) is 25.9. The number of halogens is 2. The Kier molecular flexibility index (Phi) is 5.73. The van der Waals surface area contributed by atoms with Crippen LogP contribution < -0.4 is 15.5 Å². The third kappa shape index (κ3) is 4.95. The number of hydrogen-bond acceptors (Lipinski definition) is 2. The number of carbonyl (C=O) groups is 2. The van der Waals surface area contributed by atoms with Crippen molar-refractivity contribution in [1.82, 2.24) is 5.32 Å². The number of nitrogens with zero attached hydrogens (tertiary/aromatic N) is 1. The number of benzene rings is 2. The summed E-state index contributed by atoms with van der Waals surface area (Å²) >= 11 is 5.94. The smallest absolute Gasteiger partial charge is 0.326 e. The van der Waals surface area contributed by atoms with Crippen LogP contribution in [0.4, 0.5) is 20.6 Å². The zero-order chi connectivity index (χ0) is 18.5. The van der Waals surface area contributed by atoms with E-state index in [0.29, 0.717) is 22.9 Å². The van der Waals surface area contributed by atoms with Crippen LogP contribution in [-0.4, -0.2) is 25.0 Å². The van der Waals surface area contributed by atoms with E-state index in [1.165, 1.54) is 29.2 Å². The normalized spacial score (nSPS) is 13.2. The lowest BCUT2D eigenvalue weighted by Gasteiger charge is -2.23. The fraction of sp³-hybridized carbons (Fsp3) is 0.263. The van der Waals surface area contributed by atoms with E-state index in [0.717, 1.165) is 12.8 Å². The minimum Gasteiger partial charge on any atom is -0.354 e. The Morgan fingerprint density at radius 2 is 1.88 bits per heavy atom. The first-order valence-corrected chi connectivity index (χ1v) is 8.78. The van der Waals surface area contributed by atoms with Crippen molar-refractivity contribution >= 4 is 34.9 Å². The van der Waals surface area contributed by atoms with Crippen LogP contribution in [0.3, 0.4) is 0 Å². The van der Waals surface area contributed by atoms with Crippen LogP contribution in [0, 0.1) is 11.7 Å². The third-order valence-electron chi connectivity index (χ3n) is 4.04. The molecule has 0 spiro atoms. The highest BCUT2D eigenvalue weighted by Gasteiger charge is 2.29. The molecular weight excluding hydrogens is 357 g/mol. The molecule has 5 nitrogen and oxygen atoms in total. The number of hydrogen-bond donors (Lipinski definition) is 2. The van der Waals surface area contributed by atoms with Gasteiger partial charge in [-0.25, -0.2) is 9.18 Å². The van der Waals surface area contributed by atoms with Crippen LogP contribution >= 0.6 is 11.6 Å². The molecule has 0 saturated heterocycles. The molecule has 0 unspecified atom stereocenters. The molecule has 1 aliphatic rings. The highest BCUT2D eigenvalue weighted by atomic mass is 35.5. The molecule has 1 aliphatic carbocycles. The number of anilines is 2. The molecule has 0 aliphatic heterocycles. The van der Waals surface area contributed by atoms with Crippen LogP contribution in [0.5, 0.6) is 0 Å². The molecule has 3 rings (SSSR count). The fourth-order valence-corrected chi connectivity index (χ4v) is 2.70. The summed E-state index contributed by atoms with van der Waals surface area (Å²) < 4.78 is 13.2. The van der Waals surface area contributed by atoms with Gasteiger partial charge >= 0.3 is 6.03 Å². The van der Waals surface area contributed by atoms with Gasteiger partial charge in [-0.15, -0.1) is 0 Å². The molecular formula is C19H19ClFN3O2. The molecule has 0 atom stereocenters. The minimum atomic E-state index is -0.389. The van der Waals surface area contributed by atoms with E-state index in [-0.39, 0.29) is 30.2 Å². The Morgan fingerprint density at radius 1 is 1.15 bits per heavy atom. The second kappa shape index (κ2) is 8.19. The van der Waals surface area contributed by atoms with E-state index in [9.17, 15) is 14.0 Å². The Balaban J connectivity index is 1.69. The number of urea groups is 1. The van der Waals surface area contributed by atoms with Crippen molar-refractivity contribution in [1.29, 1.82) is 0 Å². The Bertz CT molecular complexity index is 794. The quantitative estimate of drug-likeness (QED) is 0.800. The van der Waals surface area contributed by atoms with Crippen molar-refractivity contribution in [2.45, 2.75) is 12.8 Å². The van der Waals surface area contributed by atoms with Crippen LogP contribution in [0.25, 0.3) is 0 Å². The van der Waals surface area contributed by atoms with Gasteiger partial charge in [-0.1, -0.05) is 17.7 Å². The van der Waals surface area contributed by atoms with Gasteiger partial charge in [0.2, 0.25) is 5.91 Å². The Labute approximate surface area is 156 Å². The summed E-state index contributed by atoms with van der Waals surface area (Å²) in [6, 6.07) is 12.0. The van der Waals surface area contributed by atoms with Gasteiger partial charge < -0.3 is 10.6 Å². The van der Waals surface area contributed by atoms with Crippen molar-refractivity contribution < 1.29 is 14.0 Å². The summed E-state index contributed by atoms with van der Waals surface area (Å²) in [5.41, 5.74) is 1.09. The molecule has 26 heavy (non-hydrogen) atoms. The molecule has 136 valence electrons. The van der Waals surface area contributed by atoms with Gasteiger partial charge in [0, 0.05) is 35.4 Å². The SMILES string of the molecule is O=C(NCCN(C(=O)Nc1cccc(Cl)c1)c1ccc(F)cc1)C1CC1. The van der Waals surface area contributed by atoms with E-state index in [1.54, 1.807) is 24.3 Å². The van der Waals surface area contributed by atoms with Crippen molar-refractivity contribution in [3.8, 4) is 0 Å². The molecule has 3 amide bonds. The fourth-order valence-electron chi connectivity index (χ4n) is 2.51. The lowest BCUT2D eigenvalue weighted by Crippen LogP contribution is -2.41. The first-order valence-electron chi connectivity index (χ1n) is 8.40. The largest absolute Gasteiger partial charge is 0.354 e. The van der Waals surface area contributed by atoms with Gasteiger partial charge in [0.15, 0.2) is 0 Å². The average molecular weight is 376 g/mol. The maximum Gasteiger partial charge on any atom is 0.326 e. The first kappa shape index (κ1) is 18.2. The Hall–Kier alpha value is -2.60. The third-order valence-corrected chi connectivity index (χ3v) is 4.28. The molecule has 0 aromatic heterocycles. The molecule has 7 heteroatoms. The van der Waals surface area contributed by atoms with E-state index >= 15 is 0 Å². The highest BCUT2D eigenvalue weighted by molar-refractivity contribution is 6.30. The lowest BCUT2D eigenvalue weighted by atomic mass is 10.2. The molecule has 0 radical (unpaired) electrons. The van der Waals surface area contributed by atoms with Crippen LogP contribution in [0.1, 0.15) is 12.8 Å². The van der Waals surface area contributed by atoms with E-state index < -0.39 is 0 Å². The zero-order valence-corrected chi connectivity index (χ0v) is 14.8. The number of rotatable bonds is 6. The van der Waals surface area contributed by atoms with Gasteiger partial charge in [-0.2, -0.15) is 0 Å². The second-order valence-corrected chi connectivity index (χ2v) is 6.57. The van der Waals surface area contributed by atoms with Gasteiger partial charge in [-0.3, -0.25) is 9.69 Å². The van der Waals surface area contributed by atoms with E-state index in [4.69, 9.17) is 11.6 Å². The second-order valence-electron chi connectivity index (χ2n) is 6.13. The molecule has 2 N–H and O–H groups in total. The number of amides is 3. The monoisotopic (exact) mass is 375 g/mol. The van der Waals surface area contributed by atoms with Crippen molar-refractivity contribution in [3.05, 3.63) is 59.4 Å². The van der Waals surface area contributed by atoms with E-state index in [2.05, 4.69) is 10.6 Å². The Morgan fingerprint density at radius 3 is 2.54 bits per heavy atom. The summed E-state index contributed by atoms with van der Waals surface area (Å²) in [6.45, 7) is 0.576. The lowest BCUT2D eigenvalue weighted by molar-refractivity contribution is -0.122. The number of carbonyl (C=O) groups excluding carboxylic acids is 2. The van der Waals surface area contributed by atoms with Crippen molar-refractivity contribution in [2.24, 2.45) is 5.92 Å². The average Bonchev–Trinajstić information content (AvgIpc) is 3.45. The zero-order valence-electron chi connectivity index (χ0n) is 14.0. The summed E-state index contributed by atoms with van der Waals surface area (Å²) in [6.07, 6.45) is 1.84. The molecule has 2 aromatic rings. The first-order chi connectivity index (χ1) is 12.5. The number of nitrogens with one attached hydrogen (secondary N) is 2. The van der Waals surface area contributed by atoms with Gasteiger partial charge in [0.05, 0.1) is 0 Å². The summed E-state index contributed by atoms with van der Waals surface area (Å²) in [5, 5.41) is 6.10. The van der Waals surface area contributed by atoms with Crippen LogP contribution in [0.2, 0.25) is 5.02 Å². The van der Waals surface area contributed by atoms with Crippen molar-refractivity contribution in [2.75, 3.05) is 23.3 Å². The maximum absolute atomic E-state index is 13.2. The standard InChI is InChI=1S/C19H19ClFN3O2/c20-14-2-1-3-16(12-14)23-19(26)24(17-8-6-15(21)7-9-17)11-10-22-18(25)13-4-5-13/h1-3,6-9,12-13H,4-5,10-11H2,(H,22,25)(H,23,26). The molecule has 0 heterocycles. The summed E-state index contributed by atoms with van der Waals surface area (Å²) in [7, 11) is 0. The van der Waals surface area contributed by atoms with Gasteiger partial charge in [0.25, 0.3) is 0 Å². The van der Waals surface area contributed by atoms with Gasteiger partial charge in [-0.05, 0) is 55.3 Å².